The first-order valence-corrected chi connectivity index (χ1v) is 7.43. The number of benzene rings is 1. The summed E-state index contributed by atoms with van der Waals surface area (Å²) in [5, 5.41) is 14.2. The van der Waals surface area contributed by atoms with E-state index in [1.54, 1.807) is 6.07 Å². The number of phenolic OH excluding ortho intramolecular Hbond substituents is 1. The van der Waals surface area contributed by atoms with Gasteiger partial charge in [-0.3, -0.25) is 4.90 Å². The summed E-state index contributed by atoms with van der Waals surface area (Å²) in [7, 11) is 0. The van der Waals surface area contributed by atoms with Gasteiger partial charge in [-0.15, -0.1) is 24.8 Å². The normalized spacial score (nSPS) is 16.9. The van der Waals surface area contributed by atoms with Crippen LogP contribution in [-0.2, 0) is 0 Å². The predicted octanol–water partition coefficient (Wildman–Crippen LogP) is 4.01. The minimum atomic E-state index is 0. The fraction of sp³-hybridized carbons (Fsp3) is 0.538. The monoisotopic (exact) mass is 404 g/mol. The summed E-state index contributed by atoms with van der Waals surface area (Å²) in [6, 6.07) is 3.82. The number of hydrogen-bond donors (Lipinski definition) is 2. The third kappa shape index (κ3) is 4.65. The molecule has 2 N–H and O–H groups in total. The number of halogens is 4. The summed E-state index contributed by atoms with van der Waals surface area (Å²) in [4.78, 5) is 2.40. The van der Waals surface area contributed by atoms with Crippen LogP contribution in [0, 0.1) is 0 Å². The van der Waals surface area contributed by atoms with Crippen LogP contribution in [0.3, 0.4) is 0 Å². The van der Waals surface area contributed by atoms with Crippen molar-refractivity contribution in [2.75, 3.05) is 26.2 Å². The molecule has 1 aromatic rings. The number of nitrogens with zero attached hydrogens (tertiary/aromatic N) is 1. The maximum Gasteiger partial charge on any atom is 0.134 e. The number of aromatic hydroxyl groups is 1. The minimum Gasteiger partial charge on any atom is -0.506 e. The van der Waals surface area contributed by atoms with Crippen molar-refractivity contribution in [2.45, 2.75) is 19.4 Å². The van der Waals surface area contributed by atoms with E-state index in [2.05, 4.69) is 33.1 Å². The van der Waals surface area contributed by atoms with Crippen LogP contribution in [0.15, 0.2) is 16.6 Å². The van der Waals surface area contributed by atoms with Crippen LogP contribution in [0.4, 0.5) is 0 Å². The minimum absolute atomic E-state index is 0. The Hall–Kier alpha value is 0.290. The van der Waals surface area contributed by atoms with Gasteiger partial charge >= 0.3 is 0 Å². The van der Waals surface area contributed by atoms with Crippen LogP contribution in [0.2, 0.25) is 5.02 Å². The van der Waals surface area contributed by atoms with E-state index in [9.17, 15) is 5.11 Å². The molecule has 0 unspecified atom stereocenters. The van der Waals surface area contributed by atoms with Crippen molar-refractivity contribution in [1.29, 1.82) is 0 Å². The summed E-state index contributed by atoms with van der Waals surface area (Å²) in [6.07, 6.45) is 0.959. The average molecular weight is 407 g/mol. The molecule has 1 fully saturated rings. The van der Waals surface area contributed by atoms with Gasteiger partial charge in [-0.2, -0.15) is 0 Å². The van der Waals surface area contributed by atoms with Gasteiger partial charge in [0.2, 0.25) is 0 Å². The van der Waals surface area contributed by atoms with E-state index in [4.69, 9.17) is 11.6 Å². The molecule has 1 atom stereocenters. The quantitative estimate of drug-likeness (QED) is 0.796. The van der Waals surface area contributed by atoms with E-state index in [1.165, 1.54) is 0 Å². The molecule has 0 bridgehead atoms. The fourth-order valence-corrected chi connectivity index (χ4v) is 3.34. The second-order valence-electron chi connectivity index (χ2n) is 4.54. The average Bonchev–Trinajstić information content (AvgIpc) is 2.37. The highest BCUT2D eigenvalue weighted by Crippen LogP contribution is 2.38. The van der Waals surface area contributed by atoms with Crippen LogP contribution < -0.4 is 5.32 Å². The molecule has 1 aliphatic heterocycles. The first-order valence-electron chi connectivity index (χ1n) is 6.26. The molecule has 7 heteroatoms. The van der Waals surface area contributed by atoms with Crippen molar-refractivity contribution in [3.8, 4) is 5.75 Å². The van der Waals surface area contributed by atoms with Crippen molar-refractivity contribution in [2.24, 2.45) is 0 Å². The molecule has 0 radical (unpaired) electrons. The first-order chi connectivity index (χ1) is 8.63. The predicted molar refractivity (Wildman–Crippen MR) is 92.8 cm³/mol. The number of rotatable bonds is 3. The number of piperazine rings is 1. The lowest BCUT2D eigenvalue weighted by Gasteiger charge is -2.35. The van der Waals surface area contributed by atoms with Crippen molar-refractivity contribution in [3.05, 3.63) is 27.2 Å². The Kier molecular flexibility index (Phi) is 9.47. The highest BCUT2D eigenvalue weighted by atomic mass is 79.9. The van der Waals surface area contributed by atoms with E-state index in [1.807, 2.05) is 6.07 Å². The van der Waals surface area contributed by atoms with E-state index >= 15 is 0 Å². The van der Waals surface area contributed by atoms with Gasteiger partial charge in [-0.25, -0.2) is 0 Å². The second-order valence-corrected chi connectivity index (χ2v) is 5.83. The summed E-state index contributed by atoms with van der Waals surface area (Å²) in [5.74, 6) is 0.310. The highest BCUT2D eigenvalue weighted by Gasteiger charge is 2.24. The van der Waals surface area contributed by atoms with Crippen LogP contribution in [0.25, 0.3) is 0 Å². The van der Waals surface area contributed by atoms with E-state index in [-0.39, 0.29) is 30.9 Å². The van der Waals surface area contributed by atoms with E-state index < -0.39 is 0 Å². The smallest absolute Gasteiger partial charge is 0.134 e. The summed E-state index contributed by atoms with van der Waals surface area (Å²) in [6.45, 7) is 6.14. The molecular weight excluding hydrogens is 386 g/mol. The lowest BCUT2D eigenvalue weighted by molar-refractivity contribution is 0.167. The first kappa shape index (κ1) is 20.3. The zero-order valence-electron chi connectivity index (χ0n) is 11.2. The van der Waals surface area contributed by atoms with Gasteiger partial charge in [-0.1, -0.05) is 18.5 Å². The number of nitrogens with one attached hydrogen (secondary N) is 1. The van der Waals surface area contributed by atoms with Gasteiger partial charge in [0.25, 0.3) is 0 Å². The van der Waals surface area contributed by atoms with Crippen LogP contribution >= 0.6 is 52.3 Å². The van der Waals surface area contributed by atoms with E-state index in [0.29, 0.717) is 15.2 Å². The van der Waals surface area contributed by atoms with Gasteiger partial charge in [0.1, 0.15) is 5.75 Å². The number of hydrogen-bond acceptors (Lipinski definition) is 3. The van der Waals surface area contributed by atoms with Crippen molar-refractivity contribution >= 4 is 52.3 Å². The fourth-order valence-electron chi connectivity index (χ4n) is 2.51. The van der Waals surface area contributed by atoms with Gasteiger partial charge in [0, 0.05) is 42.8 Å². The standard InChI is InChI=1S/C13H18BrClN2O.2ClH/c1-2-12(17-5-3-16-4-6-17)10-7-9(15)8-11(14)13(10)18;;/h7-8,12,16,18H,2-6H2,1H3;2*1H/t12-;;/m1../s1. The Balaban J connectivity index is 0.00000180. The molecule has 0 saturated carbocycles. The lowest BCUT2D eigenvalue weighted by atomic mass is 10.0. The molecule has 0 amide bonds. The lowest BCUT2D eigenvalue weighted by Crippen LogP contribution is -2.45. The summed E-state index contributed by atoms with van der Waals surface area (Å²) in [5.41, 5.74) is 0.916. The second kappa shape index (κ2) is 9.34. The maximum absolute atomic E-state index is 10.2. The largest absolute Gasteiger partial charge is 0.506 e. The third-order valence-electron chi connectivity index (χ3n) is 3.40. The molecule has 3 nitrogen and oxygen atoms in total. The molecule has 0 aromatic heterocycles. The highest BCUT2D eigenvalue weighted by molar-refractivity contribution is 9.10. The molecular formula is C13H20BrCl3N2O. The zero-order chi connectivity index (χ0) is 13.1. The number of phenols is 1. The molecule has 2 rings (SSSR count). The molecule has 116 valence electrons. The Morgan fingerprint density at radius 3 is 2.50 bits per heavy atom. The molecule has 1 saturated heterocycles. The third-order valence-corrected chi connectivity index (χ3v) is 4.22. The van der Waals surface area contributed by atoms with Gasteiger partial charge in [-0.05, 0) is 34.5 Å². The Labute approximate surface area is 146 Å². The molecule has 0 aliphatic carbocycles. The topological polar surface area (TPSA) is 35.5 Å². The van der Waals surface area contributed by atoms with Gasteiger partial charge < -0.3 is 10.4 Å². The molecule has 0 spiro atoms. The van der Waals surface area contributed by atoms with E-state index in [0.717, 1.165) is 38.2 Å². The molecule has 1 aliphatic rings. The Morgan fingerprint density at radius 1 is 1.35 bits per heavy atom. The van der Waals surface area contributed by atoms with Gasteiger partial charge in [0.05, 0.1) is 4.47 Å². The maximum atomic E-state index is 10.2. The van der Waals surface area contributed by atoms with Crippen LogP contribution in [-0.4, -0.2) is 36.2 Å². The summed E-state index contributed by atoms with van der Waals surface area (Å²) >= 11 is 9.44. The molecule has 20 heavy (non-hydrogen) atoms. The Morgan fingerprint density at radius 2 is 1.95 bits per heavy atom. The SMILES string of the molecule is CC[C@H](c1cc(Cl)cc(Br)c1O)N1CCNCC1.Cl.Cl. The molecule has 1 aromatic carbocycles. The Bertz CT molecular complexity index is 428. The van der Waals surface area contributed by atoms with Crippen LogP contribution in [0.5, 0.6) is 5.75 Å². The zero-order valence-corrected chi connectivity index (χ0v) is 15.2. The van der Waals surface area contributed by atoms with Crippen LogP contribution in [0.1, 0.15) is 24.9 Å². The van der Waals surface area contributed by atoms with Gasteiger partial charge in [0.15, 0.2) is 0 Å². The van der Waals surface area contributed by atoms with Crippen molar-refractivity contribution in [3.63, 3.8) is 0 Å². The summed E-state index contributed by atoms with van der Waals surface area (Å²) < 4.78 is 0.665. The van der Waals surface area contributed by atoms with Crippen molar-refractivity contribution < 1.29 is 5.11 Å². The van der Waals surface area contributed by atoms with Crippen molar-refractivity contribution in [1.82, 2.24) is 10.2 Å². The molecule has 1 heterocycles.